The fraction of sp³-hybridized carbons (Fsp3) is 0.233. The summed E-state index contributed by atoms with van der Waals surface area (Å²) in [6, 6.07) is 15.7. The molecule has 0 aliphatic carbocycles. The number of halogens is 4. The van der Waals surface area contributed by atoms with E-state index < -0.39 is 17.3 Å². The molecule has 1 amide bonds. The van der Waals surface area contributed by atoms with Crippen LogP contribution in [0.15, 0.2) is 65.5 Å². The van der Waals surface area contributed by atoms with Crippen LogP contribution < -0.4 is 10.5 Å². The second-order valence-electron chi connectivity index (χ2n) is 9.53. The monoisotopic (exact) mass is 615 g/mol. The average Bonchev–Trinajstić information content (AvgIpc) is 2.96. The molecule has 1 saturated heterocycles. The Balaban J connectivity index is 1.56. The van der Waals surface area contributed by atoms with E-state index in [9.17, 15) is 18.8 Å². The highest BCUT2D eigenvalue weighted by atomic mass is 35.5. The maximum Gasteiger partial charge on any atom is 0.345 e. The largest absolute Gasteiger partial charge is 0.462 e. The molecule has 0 N–H and O–H groups in total. The highest BCUT2D eigenvalue weighted by Gasteiger charge is 2.30. The van der Waals surface area contributed by atoms with Gasteiger partial charge < -0.3 is 19.1 Å². The second kappa shape index (κ2) is 12.1. The van der Waals surface area contributed by atoms with E-state index in [0.717, 1.165) is 0 Å². The Hall–Kier alpha value is -3.59. The molecule has 11 heteroatoms. The number of hydrogen-bond acceptors (Lipinski definition) is 5. The van der Waals surface area contributed by atoms with Crippen molar-refractivity contribution in [1.29, 1.82) is 0 Å². The van der Waals surface area contributed by atoms with Gasteiger partial charge in [0.2, 0.25) is 0 Å². The maximum atomic E-state index is 14.0. The third-order valence-electron chi connectivity index (χ3n) is 6.98. The Morgan fingerprint density at radius 1 is 0.902 bits per heavy atom. The lowest BCUT2D eigenvalue weighted by Gasteiger charge is -2.37. The molecular weight excluding hydrogens is 592 g/mol. The molecule has 0 atom stereocenters. The van der Waals surface area contributed by atoms with Crippen molar-refractivity contribution in [3.05, 3.63) is 109 Å². The third kappa shape index (κ3) is 5.91. The van der Waals surface area contributed by atoms with Crippen molar-refractivity contribution in [3.8, 4) is 0 Å². The number of benzene rings is 3. The zero-order valence-corrected chi connectivity index (χ0v) is 24.3. The van der Waals surface area contributed by atoms with E-state index in [0.29, 0.717) is 69.0 Å². The van der Waals surface area contributed by atoms with E-state index in [1.54, 1.807) is 54.3 Å². The van der Waals surface area contributed by atoms with Crippen LogP contribution in [0.2, 0.25) is 15.1 Å². The summed E-state index contributed by atoms with van der Waals surface area (Å²) in [5.41, 5.74) is 1.41. The van der Waals surface area contributed by atoms with E-state index in [4.69, 9.17) is 39.5 Å². The van der Waals surface area contributed by atoms with Gasteiger partial charge in [-0.1, -0.05) is 46.9 Å². The summed E-state index contributed by atoms with van der Waals surface area (Å²) >= 11 is 18.5. The number of fused-ring (bicyclic) bond motifs is 1. The number of hydrogen-bond donors (Lipinski definition) is 0. The van der Waals surface area contributed by atoms with E-state index in [-0.39, 0.29) is 24.6 Å². The number of carbonyl (C=O) groups is 2. The van der Waals surface area contributed by atoms with Gasteiger partial charge in [-0.05, 0) is 61.0 Å². The summed E-state index contributed by atoms with van der Waals surface area (Å²) in [4.78, 5) is 44.0. The SMILES string of the molecule is CCOC(=O)c1c(N2CCN(C(=O)c3ccc(Cl)c(Cl)c3)CC2)c2cc(Cl)ccc2n(Cc2ccc(F)cc2)c1=O. The van der Waals surface area contributed by atoms with Crippen molar-refractivity contribution in [2.75, 3.05) is 37.7 Å². The number of anilines is 1. The lowest BCUT2D eigenvalue weighted by Crippen LogP contribution is -2.49. The van der Waals surface area contributed by atoms with Crippen LogP contribution in [0.3, 0.4) is 0 Å². The van der Waals surface area contributed by atoms with Crippen molar-refractivity contribution in [2.24, 2.45) is 0 Å². The van der Waals surface area contributed by atoms with Crippen molar-refractivity contribution >= 4 is 63.3 Å². The quantitative estimate of drug-likeness (QED) is 0.238. The van der Waals surface area contributed by atoms with Gasteiger partial charge in [-0.25, -0.2) is 9.18 Å². The first kappa shape index (κ1) is 28.9. The Kier molecular flexibility index (Phi) is 8.54. The van der Waals surface area contributed by atoms with Crippen LogP contribution in [0.25, 0.3) is 10.9 Å². The Labute approximate surface area is 250 Å². The van der Waals surface area contributed by atoms with E-state index >= 15 is 0 Å². The van der Waals surface area contributed by atoms with Crippen LogP contribution in [-0.2, 0) is 11.3 Å². The molecule has 0 unspecified atom stereocenters. The smallest absolute Gasteiger partial charge is 0.345 e. The van der Waals surface area contributed by atoms with Gasteiger partial charge in [-0.15, -0.1) is 0 Å². The Bertz CT molecular complexity index is 1700. The highest BCUT2D eigenvalue weighted by molar-refractivity contribution is 6.42. The van der Waals surface area contributed by atoms with Crippen molar-refractivity contribution < 1.29 is 18.7 Å². The van der Waals surface area contributed by atoms with E-state index in [1.807, 2.05) is 4.90 Å². The number of amides is 1. The van der Waals surface area contributed by atoms with Crippen LogP contribution >= 0.6 is 34.8 Å². The standard InChI is InChI=1S/C30H25Cl3FN3O4/c1-2-41-30(40)26-27(35-11-13-36(14-12-35)28(38)19-5-9-23(32)24(33)15-19)22-16-20(31)6-10-25(22)37(29(26)39)17-18-3-7-21(34)8-4-18/h3-10,15-16H,2,11-14,17H2,1H3. The van der Waals surface area contributed by atoms with Gasteiger partial charge in [0.1, 0.15) is 11.4 Å². The Morgan fingerprint density at radius 2 is 1.61 bits per heavy atom. The normalized spacial score (nSPS) is 13.5. The molecule has 5 rings (SSSR count). The van der Waals surface area contributed by atoms with Gasteiger partial charge in [0.05, 0.1) is 34.4 Å². The van der Waals surface area contributed by atoms with Gasteiger partial charge in [-0.3, -0.25) is 9.59 Å². The molecule has 0 spiro atoms. The lowest BCUT2D eigenvalue weighted by molar-refractivity contribution is 0.0523. The molecule has 1 aliphatic rings. The van der Waals surface area contributed by atoms with Crippen LogP contribution in [0, 0.1) is 5.82 Å². The number of aromatic nitrogens is 1. The molecule has 0 saturated carbocycles. The van der Waals surface area contributed by atoms with E-state index in [1.165, 1.54) is 22.8 Å². The average molecular weight is 617 g/mol. The second-order valence-corrected chi connectivity index (χ2v) is 10.8. The zero-order valence-electron chi connectivity index (χ0n) is 22.0. The summed E-state index contributed by atoms with van der Waals surface area (Å²) in [5.74, 6) is -1.34. The third-order valence-corrected chi connectivity index (χ3v) is 7.96. The number of piperazine rings is 1. The molecule has 41 heavy (non-hydrogen) atoms. The van der Waals surface area contributed by atoms with Crippen molar-refractivity contribution in [3.63, 3.8) is 0 Å². The van der Waals surface area contributed by atoms with Crippen LogP contribution in [0.1, 0.15) is 33.2 Å². The van der Waals surface area contributed by atoms with Gasteiger partial charge in [-0.2, -0.15) is 0 Å². The first-order valence-electron chi connectivity index (χ1n) is 12.9. The van der Waals surface area contributed by atoms with Gasteiger partial charge in [0.25, 0.3) is 11.5 Å². The zero-order chi connectivity index (χ0) is 29.3. The molecule has 2 heterocycles. The molecule has 1 fully saturated rings. The minimum Gasteiger partial charge on any atom is -0.462 e. The van der Waals surface area contributed by atoms with Crippen molar-refractivity contribution in [2.45, 2.75) is 13.5 Å². The molecular formula is C30H25Cl3FN3O4. The van der Waals surface area contributed by atoms with Gasteiger partial charge in [0, 0.05) is 42.2 Å². The molecule has 1 aliphatic heterocycles. The molecule has 1 aromatic heterocycles. The summed E-state index contributed by atoms with van der Waals surface area (Å²) in [7, 11) is 0. The topological polar surface area (TPSA) is 71.8 Å². The molecule has 7 nitrogen and oxygen atoms in total. The van der Waals surface area contributed by atoms with E-state index in [2.05, 4.69) is 0 Å². The van der Waals surface area contributed by atoms with Crippen molar-refractivity contribution in [1.82, 2.24) is 9.47 Å². The molecule has 4 aromatic rings. The number of carbonyl (C=O) groups excluding carboxylic acids is 2. The predicted molar refractivity (Wildman–Crippen MR) is 159 cm³/mol. The minimum atomic E-state index is -0.753. The molecule has 0 bridgehead atoms. The number of pyridine rings is 1. The predicted octanol–water partition coefficient (Wildman–Crippen LogP) is 6.29. The number of ether oxygens (including phenoxy) is 1. The fourth-order valence-electron chi connectivity index (χ4n) is 5.00. The molecule has 3 aromatic carbocycles. The van der Waals surface area contributed by atoms with Crippen LogP contribution in [0.4, 0.5) is 10.1 Å². The molecule has 0 radical (unpaired) electrons. The minimum absolute atomic E-state index is 0.0786. The number of nitrogens with zero attached hydrogens (tertiary/aromatic N) is 3. The van der Waals surface area contributed by atoms with Gasteiger partial charge in [0.15, 0.2) is 0 Å². The van der Waals surface area contributed by atoms with Crippen LogP contribution in [0.5, 0.6) is 0 Å². The summed E-state index contributed by atoms with van der Waals surface area (Å²) in [6.45, 7) is 3.22. The lowest BCUT2D eigenvalue weighted by atomic mass is 10.0. The first-order chi connectivity index (χ1) is 19.7. The molecule has 212 valence electrons. The summed E-state index contributed by atoms with van der Waals surface area (Å²) in [6.07, 6.45) is 0. The highest BCUT2D eigenvalue weighted by Crippen LogP contribution is 2.33. The van der Waals surface area contributed by atoms with Crippen LogP contribution in [-0.4, -0.2) is 54.1 Å². The first-order valence-corrected chi connectivity index (χ1v) is 14.1. The maximum absolute atomic E-state index is 14.0. The van der Waals surface area contributed by atoms with Gasteiger partial charge >= 0.3 is 5.97 Å². The fourth-order valence-corrected chi connectivity index (χ4v) is 5.47. The number of esters is 1. The summed E-state index contributed by atoms with van der Waals surface area (Å²) < 4.78 is 20.3. The number of rotatable bonds is 6. The summed E-state index contributed by atoms with van der Waals surface area (Å²) in [5, 5.41) is 1.67. The Morgan fingerprint density at radius 3 is 2.27 bits per heavy atom.